The van der Waals surface area contributed by atoms with Crippen LogP contribution >= 0.6 is 0 Å². The SMILES string of the molecule is CCOc1ccc2ccccc2c1C(=O)N1CCN(Cc2nnnn2-c2ccc(OC)cc2)CC1. The summed E-state index contributed by atoms with van der Waals surface area (Å²) in [5.41, 5.74) is 1.51. The third-order valence-corrected chi connectivity index (χ3v) is 6.28. The summed E-state index contributed by atoms with van der Waals surface area (Å²) in [6, 6.07) is 19.5. The minimum atomic E-state index is 0.00738. The maximum atomic E-state index is 13.6. The highest BCUT2D eigenvalue weighted by Gasteiger charge is 2.27. The Labute approximate surface area is 203 Å². The van der Waals surface area contributed by atoms with Gasteiger partial charge in [0.2, 0.25) is 0 Å². The lowest BCUT2D eigenvalue weighted by Crippen LogP contribution is -2.48. The molecule has 0 aliphatic carbocycles. The number of aromatic nitrogens is 4. The van der Waals surface area contributed by atoms with Crippen molar-refractivity contribution in [2.75, 3.05) is 39.9 Å². The third-order valence-electron chi connectivity index (χ3n) is 6.28. The smallest absolute Gasteiger partial charge is 0.258 e. The Morgan fingerprint density at radius 2 is 1.74 bits per heavy atom. The molecular weight excluding hydrogens is 444 g/mol. The lowest BCUT2D eigenvalue weighted by molar-refractivity contribution is 0.0622. The van der Waals surface area contributed by atoms with E-state index in [4.69, 9.17) is 9.47 Å². The summed E-state index contributed by atoms with van der Waals surface area (Å²) in [5, 5.41) is 14.2. The van der Waals surface area contributed by atoms with Crippen molar-refractivity contribution >= 4 is 16.7 Å². The van der Waals surface area contributed by atoms with Crippen LogP contribution in [0.4, 0.5) is 0 Å². The molecule has 0 bridgehead atoms. The second kappa shape index (κ2) is 10.1. The molecule has 2 heterocycles. The third kappa shape index (κ3) is 4.67. The van der Waals surface area contributed by atoms with E-state index in [1.54, 1.807) is 11.8 Å². The van der Waals surface area contributed by atoms with Crippen LogP contribution < -0.4 is 9.47 Å². The van der Waals surface area contributed by atoms with Gasteiger partial charge in [0.15, 0.2) is 5.82 Å². The fourth-order valence-corrected chi connectivity index (χ4v) is 4.44. The van der Waals surface area contributed by atoms with E-state index in [1.807, 2.05) is 72.5 Å². The summed E-state index contributed by atoms with van der Waals surface area (Å²) in [6.45, 7) is 5.75. The molecular formula is C26H28N6O3. The van der Waals surface area contributed by atoms with Gasteiger partial charge in [-0.15, -0.1) is 5.10 Å². The second-order valence-electron chi connectivity index (χ2n) is 8.37. The quantitative estimate of drug-likeness (QED) is 0.408. The number of carbonyl (C=O) groups is 1. The molecule has 5 rings (SSSR count). The summed E-state index contributed by atoms with van der Waals surface area (Å²) in [7, 11) is 1.64. The molecule has 4 aromatic rings. The molecule has 1 fully saturated rings. The van der Waals surface area contributed by atoms with Gasteiger partial charge in [-0.2, -0.15) is 4.68 Å². The average Bonchev–Trinajstić information content (AvgIpc) is 3.37. The molecule has 0 unspecified atom stereocenters. The van der Waals surface area contributed by atoms with Crippen LogP contribution in [0.3, 0.4) is 0 Å². The number of rotatable bonds is 7. The lowest BCUT2D eigenvalue weighted by Gasteiger charge is -2.34. The monoisotopic (exact) mass is 472 g/mol. The van der Waals surface area contributed by atoms with Gasteiger partial charge in [-0.25, -0.2) is 0 Å². The highest BCUT2D eigenvalue weighted by molar-refractivity contribution is 6.09. The van der Waals surface area contributed by atoms with Crippen LogP contribution in [0.15, 0.2) is 60.7 Å². The average molecular weight is 473 g/mol. The minimum Gasteiger partial charge on any atom is -0.497 e. The van der Waals surface area contributed by atoms with Crippen LogP contribution in [0.25, 0.3) is 16.5 Å². The number of fused-ring (bicyclic) bond motifs is 1. The van der Waals surface area contributed by atoms with Crippen molar-refractivity contribution in [2.45, 2.75) is 13.5 Å². The van der Waals surface area contributed by atoms with E-state index in [1.165, 1.54) is 0 Å². The molecule has 0 atom stereocenters. The Morgan fingerprint density at radius 3 is 2.49 bits per heavy atom. The Morgan fingerprint density at radius 1 is 0.971 bits per heavy atom. The predicted octanol–water partition coefficient (Wildman–Crippen LogP) is 3.18. The Hall–Kier alpha value is -3.98. The number of hydrogen-bond acceptors (Lipinski definition) is 7. The molecule has 0 spiro atoms. The van der Waals surface area contributed by atoms with Gasteiger partial charge in [0.1, 0.15) is 11.5 Å². The Bertz CT molecular complexity index is 1310. The van der Waals surface area contributed by atoms with E-state index in [0.717, 1.165) is 41.1 Å². The predicted molar refractivity (Wildman–Crippen MR) is 132 cm³/mol. The van der Waals surface area contributed by atoms with Gasteiger partial charge < -0.3 is 14.4 Å². The zero-order valence-corrected chi connectivity index (χ0v) is 19.9. The first-order valence-electron chi connectivity index (χ1n) is 11.8. The van der Waals surface area contributed by atoms with Crippen LogP contribution in [0.2, 0.25) is 0 Å². The summed E-state index contributed by atoms with van der Waals surface area (Å²) >= 11 is 0. The van der Waals surface area contributed by atoms with Crippen molar-refractivity contribution < 1.29 is 14.3 Å². The number of nitrogens with zero attached hydrogens (tertiary/aromatic N) is 6. The highest BCUT2D eigenvalue weighted by atomic mass is 16.5. The van der Waals surface area contributed by atoms with E-state index in [9.17, 15) is 4.79 Å². The van der Waals surface area contributed by atoms with Crippen LogP contribution in [-0.4, -0.2) is 75.8 Å². The molecule has 1 amide bonds. The fourth-order valence-electron chi connectivity index (χ4n) is 4.44. The van der Waals surface area contributed by atoms with Gasteiger partial charge in [0.05, 0.1) is 31.5 Å². The van der Waals surface area contributed by atoms with E-state index in [-0.39, 0.29) is 5.91 Å². The Balaban J connectivity index is 1.29. The number of tetrazole rings is 1. The van der Waals surface area contributed by atoms with Gasteiger partial charge in [0.25, 0.3) is 5.91 Å². The normalized spacial score (nSPS) is 14.3. The van der Waals surface area contributed by atoms with E-state index < -0.39 is 0 Å². The molecule has 0 radical (unpaired) electrons. The van der Waals surface area contributed by atoms with Crippen LogP contribution in [-0.2, 0) is 6.54 Å². The van der Waals surface area contributed by atoms with E-state index in [2.05, 4.69) is 20.4 Å². The van der Waals surface area contributed by atoms with Gasteiger partial charge in [-0.05, 0) is 58.5 Å². The van der Waals surface area contributed by atoms with Crippen LogP contribution in [0, 0.1) is 0 Å². The van der Waals surface area contributed by atoms with Crippen molar-refractivity contribution in [2.24, 2.45) is 0 Å². The van der Waals surface area contributed by atoms with Crippen molar-refractivity contribution in [1.29, 1.82) is 0 Å². The number of ether oxygens (including phenoxy) is 2. The first-order valence-corrected chi connectivity index (χ1v) is 11.8. The van der Waals surface area contributed by atoms with Gasteiger partial charge >= 0.3 is 0 Å². The number of hydrogen-bond donors (Lipinski definition) is 0. The molecule has 1 saturated heterocycles. The molecule has 1 aromatic heterocycles. The zero-order valence-electron chi connectivity index (χ0n) is 19.9. The molecule has 35 heavy (non-hydrogen) atoms. The van der Waals surface area contributed by atoms with Crippen molar-refractivity contribution in [1.82, 2.24) is 30.0 Å². The van der Waals surface area contributed by atoms with Crippen molar-refractivity contribution in [3.8, 4) is 17.2 Å². The molecule has 9 nitrogen and oxygen atoms in total. The molecule has 9 heteroatoms. The fraction of sp³-hybridized carbons (Fsp3) is 0.308. The zero-order chi connectivity index (χ0) is 24.2. The van der Waals surface area contributed by atoms with Crippen molar-refractivity contribution in [3.05, 3.63) is 72.1 Å². The summed E-state index contributed by atoms with van der Waals surface area (Å²) in [6.07, 6.45) is 0. The van der Waals surface area contributed by atoms with Crippen LogP contribution in [0.1, 0.15) is 23.1 Å². The molecule has 180 valence electrons. The molecule has 3 aromatic carbocycles. The number of amides is 1. The molecule has 1 aliphatic heterocycles. The topological polar surface area (TPSA) is 85.6 Å². The molecule has 0 N–H and O–H groups in total. The molecule has 1 aliphatic rings. The maximum absolute atomic E-state index is 13.6. The molecule has 0 saturated carbocycles. The van der Waals surface area contributed by atoms with Gasteiger partial charge in [-0.1, -0.05) is 30.3 Å². The van der Waals surface area contributed by atoms with Gasteiger partial charge in [0, 0.05) is 26.2 Å². The first-order chi connectivity index (χ1) is 17.2. The van der Waals surface area contributed by atoms with Crippen LogP contribution in [0.5, 0.6) is 11.5 Å². The van der Waals surface area contributed by atoms with E-state index >= 15 is 0 Å². The van der Waals surface area contributed by atoms with Gasteiger partial charge in [-0.3, -0.25) is 9.69 Å². The number of benzene rings is 3. The highest BCUT2D eigenvalue weighted by Crippen LogP contribution is 2.30. The standard InChI is InChI=1S/C26H28N6O3/c1-3-35-23-13-8-19-6-4-5-7-22(19)25(23)26(33)31-16-14-30(15-17-31)18-24-27-28-29-32(24)20-9-11-21(34-2)12-10-20/h4-13H,3,14-18H2,1-2H3. The summed E-state index contributed by atoms with van der Waals surface area (Å²) < 4.78 is 12.8. The van der Waals surface area contributed by atoms with Crippen molar-refractivity contribution in [3.63, 3.8) is 0 Å². The van der Waals surface area contributed by atoms with E-state index in [0.29, 0.717) is 37.6 Å². The number of piperazine rings is 1. The second-order valence-corrected chi connectivity index (χ2v) is 8.37. The first kappa shape index (κ1) is 22.8. The number of carbonyl (C=O) groups excluding carboxylic acids is 1. The maximum Gasteiger partial charge on any atom is 0.258 e. The number of methoxy groups -OCH3 is 1. The Kier molecular flexibility index (Phi) is 6.58. The lowest BCUT2D eigenvalue weighted by atomic mass is 10.0. The largest absolute Gasteiger partial charge is 0.497 e. The summed E-state index contributed by atoms with van der Waals surface area (Å²) in [4.78, 5) is 17.8. The minimum absolute atomic E-state index is 0.00738. The summed E-state index contributed by atoms with van der Waals surface area (Å²) in [5.74, 6) is 2.18.